The second-order valence-corrected chi connectivity index (χ2v) is 6.83. The predicted molar refractivity (Wildman–Crippen MR) is 66.8 cm³/mol. The molecule has 0 N–H and O–H groups in total. The summed E-state index contributed by atoms with van der Waals surface area (Å²) in [6, 6.07) is 6.96. The average molecular weight is 252 g/mol. The number of Topliss-reactive ketones (excluding diaryl/α,β-unsaturated/α-hetero) is 1. The number of benzene rings is 1. The number of hydrogen-bond donors (Lipinski definition) is 0. The zero-order chi connectivity index (χ0) is 12.5. The van der Waals surface area contributed by atoms with Crippen LogP contribution in [0, 0.1) is 0 Å². The van der Waals surface area contributed by atoms with Gasteiger partial charge < -0.3 is 0 Å². The van der Waals surface area contributed by atoms with Gasteiger partial charge in [0, 0.05) is 5.56 Å². The van der Waals surface area contributed by atoms with E-state index in [0.29, 0.717) is 12.0 Å². The normalized spacial score (nSPS) is 23.2. The second kappa shape index (κ2) is 4.61. The Morgan fingerprint density at radius 3 is 2.35 bits per heavy atom. The van der Waals surface area contributed by atoms with Crippen molar-refractivity contribution in [2.24, 2.45) is 0 Å². The summed E-state index contributed by atoms with van der Waals surface area (Å²) in [4.78, 5) is 11.1. The van der Waals surface area contributed by atoms with Crippen LogP contribution in [0.3, 0.4) is 0 Å². The SMILES string of the molecule is CC(=O)c1ccc(C2CCCCS2(=O)=O)cc1. The maximum absolute atomic E-state index is 11.9. The molecule has 1 aliphatic rings. The lowest BCUT2D eigenvalue weighted by Crippen LogP contribution is -2.21. The van der Waals surface area contributed by atoms with Crippen LogP contribution >= 0.6 is 0 Å². The molecule has 1 aromatic rings. The summed E-state index contributed by atoms with van der Waals surface area (Å²) in [5, 5.41) is -0.378. The Hall–Kier alpha value is -1.16. The first-order chi connectivity index (χ1) is 8.00. The van der Waals surface area contributed by atoms with Gasteiger partial charge in [0.05, 0.1) is 11.0 Å². The van der Waals surface area contributed by atoms with E-state index in [1.54, 1.807) is 24.3 Å². The van der Waals surface area contributed by atoms with Gasteiger partial charge in [0.1, 0.15) is 0 Å². The molecular weight excluding hydrogens is 236 g/mol. The lowest BCUT2D eigenvalue weighted by molar-refractivity contribution is 0.101. The lowest BCUT2D eigenvalue weighted by Gasteiger charge is -2.22. The molecule has 2 rings (SSSR count). The van der Waals surface area contributed by atoms with Gasteiger partial charge in [-0.2, -0.15) is 0 Å². The molecule has 1 aliphatic heterocycles. The maximum atomic E-state index is 11.9. The largest absolute Gasteiger partial charge is 0.295 e. The van der Waals surface area contributed by atoms with Crippen molar-refractivity contribution in [3.05, 3.63) is 35.4 Å². The van der Waals surface area contributed by atoms with E-state index in [1.807, 2.05) is 0 Å². The quantitative estimate of drug-likeness (QED) is 0.760. The molecule has 0 bridgehead atoms. The fourth-order valence-electron chi connectivity index (χ4n) is 2.26. The van der Waals surface area contributed by atoms with Gasteiger partial charge in [-0.05, 0) is 25.3 Å². The summed E-state index contributed by atoms with van der Waals surface area (Å²) in [5.41, 5.74) is 1.44. The third kappa shape index (κ3) is 2.57. The molecular formula is C13H16O3S. The summed E-state index contributed by atoms with van der Waals surface area (Å²) < 4.78 is 23.9. The van der Waals surface area contributed by atoms with Gasteiger partial charge in [0.15, 0.2) is 15.6 Å². The zero-order valence-electron chi connectivity index (χ0n) is 9.85. The van der Waals surface area contributed by atoms with Crippen LogP contribution in [0.2, 0.25) is 0 Å². The van der Waals surface area contributed by atoms with Crippen molar-refractivity contribution in [3.8, 4) is 0 Å². The topological polar surface area (TPSA) is 51.2 Å². The van der Waals surface area contributed by atoms with Gasteiger partial charge in [-0.1, -0.05) is 30.7 Å². The zero-order valence-corrected chi connectivity index (χ0v) is 10.7. The van der Waals surface area contributed by atoms with Crippen molar-refractivity contribution in [1.82, 2.24) is 0 Å². The maximum Gasteiger partial charge on any atom is 0.159 e. The van der Waals surface area contributed by atoms with E-state index >= 15 is 0 Å². The molecule has 3 nitrogen and oxygen atoms in total. The van der Waals surface area contributed by atoms with E-state index < -0.39 is 9.84 Å². The van der Waals surface area contributed by atoms with Crippen LogP contribution in [0.5, 0.6) is 0 Å². The monoisotopic (exact) mass is 252 g/mol. The van der Waals surface area contributed by atoms with Crippen molar-refractivity contribution < 1.29 is 13.2 Å². The molecule has 0 aliphatic carbocycles. The Kier molecular flexibility index (Phi) is 3.33. The second-order valence-electron chi connectivity index (χ2n) is 4.53. The third-order valence-corrected chi connectivity index (χ3v) is 5.50. The van der Waals surface area contributed by atoms with Crippen LogP contribution in [0.4, 0.5) is 0 Å². The standard InChI is InChI=1S/C13H16O3S/c1-10(14)11-5-7-12(8-6-11)13-4-2-3-9-17(13,15)16/h5-8,13H,2-4,9H2,1H3. The van der Waals surface area contributed by atoms with Crippen molar-refractivity contribution in [2.45, 2.75) is 31.4 Å². The van der Waals surface area contributed by atoms with Gasteiger partial charge >= 0.3 is 0 Å². The molecule has 4 heteroatoms. The van der Waals surface area contributed by atoms with Crippen LogP contribution in [0.1, 0.15) is 47.4 Å². The van der Waals surface area contributed by atoms with Gasteiger partial charge in [-0.25, -0.2) is 8.42 Å². The first kappa shape index (κ1) is 12.3. The molecule has 1 atom stereocenters. The minimum absolute atomic E-state index is 0.00283. The molecule has 0 radical (unpaired) electrons. The first-order valence-corrected chi connectivity index (χ1v) is 7.55. The van der Waals surface area contributed by atoms with Crippen molar-refractivity contribution in [1.29, 1.82) is 0 Å². The molecule has 1 unspecified atom stereocenters. The third-order valence-electron chi connectivity index (χ3n) is 3.27. The fraction of sp³-hybridized carbons (Fsp3) is 0.462. The summed E-state index contributed by atoms with van der Waals surface area (Å²) in [6.45, 7) is 1.51. The van der Waals surface area contributed by atoms with Crippen molar-refractivity contribution >= 4 is 15.6 Å². The molecule has 0 amide bonds. The number of ketones is 1. The fourth-order valence-corrected chi connectivity index (χ4v) is 4.25. The highest BCUT2D eigenvalue weighted by atomic mass is 32.2. The molecule has 17 heavy (non-hydrogen) atoms. The van der Waals surface area contributed by atoms with Crippen LogP contribution in [-0.2, 0) is 9.84 Å². The van der Waals surface area contributed by atoms with E-state index in [0.717, 1.165) is 18.4 Å². The van der Waals surface area contributed by atoms with Crippen LogP contribution in [0.15, 0.2) is 24.3 Å². The molecule has 0 spiro atoms. The molecule has 92 valence electrons. The van der Waals surface area contributed by atoms with E-state index in [2.05, 4.69) is 0 Å². The summed E-state index contributed by atoms with van der Waals surface area (Å²) in [7, 11) is -2.99. The average Bonchev–Trinajstić information content (AvgIpc) is 2.28. The summed E-state index contributed by atoms with van der Waals surface area (Å²) in [6.07, 6.45) is 2.42. The highest BCUT2D eigenvalue weighted by Crippen LogP contribution is 2.33. The minimum Gasteiger partial charge on any atom is -0.295 e. The van der Waals surface area contributed by atoms with E-state index in [1.165, 1.54) is 6.92 Å². The number of carbonyl (C=O) groups excluding carboxylic acids is 1. The summed E-state index contributed by atoms with van der Waals surface area (Å²) in [5.74, 6) is 0.287. The molecule has 1 saturated heterocycles. The van der Waals surface area contributed by atoms with Crippen molar-refractivity contribution in [3.63, 3.8) is 0 Å². The number of rotatable bonds is 2. The van der Waals surface area contributed by atoms with E-state index in [9.17, 15) is 13.2 Å². The smallest absolute Gasteiger partial charge is 0.159 e. The Morgan fingerprint density at radius 1 is 1.18 bits per heavy atom. The highest BCUT2D eigenvalue weighted by Gasteiger charge is 2.29. The molecule has 1 heterocycles. The van der Waals surface area contributed by atoms with Crippen LogP contribution < -0.4 is 0 Å². The van der Waals surface area contributed by atoms with Gasteiger partial charge in [-0.15, -0.1) is 0 Å². The molecule has 0 aromatic heterocycles. The van der Waals surface area contributed by atoms with Crippen molar-refractivity contribution in [2.75, 3.05) is 5.75 Å². The minimum atomic E-state index is -2.99. The van der Waals surface area contributed by atoms with E-state index in [4.69, 9.17) is 0 Å². The highest BCUT2D eigenvalue weighted by molar-refractivity contribution is 7.91. The van der Waals surface area contributed by atoms with E-state index in [-0.39, 0.29) is 16.8 Å². The molecule has 0 saturated carbocycles. The van der Waals surface area contributed by atoms with Gasteiger partial charge in [-0.3, -0.25) is 4.79 Å². The van der Waals surface area contributed by atoms with Crippen LogP contribution in [0.25, 0.3) is 0 Å². The van der Waals surface area contributed by atoms with Gasteiger partial charge in [0.25, 0.3) is 0 Å². The predicted octanol–water partition coefficient (Wildman–Crippen LogP) is 2.53. The van der Waals surface area contributed by atoms with Gasteiger partial charge in [0.2, 0.25) is 0 Å². The lowest BCUT2D eigenvalue weighted by atomic mass is 10.0. The number of hydrogen-bond acceptors (Lipinski definition) is 3. The molecule has 1 fully saturated rings. The first-order valence-electron chi connectivity index (χ1n) is 5.83. The molecule has 1 aromatic carbocycles. The Labute approximate surface area is 102 Å². The summed E-state index contributed by atoms with van der Waals surface area (Å²) >= 11 is 0. The number of sulfone groups is 1. The Bertz CT molecular complexity index is 514. The Balaban J connectivity index is 2.30. The number of carbonyl (C=O) groups is 1. The van der Waals surface area contributed by atoms with Crippen LogP contribution in [-0.4, -0.2) is 20.0 Å². The Morgan fingerprint density at radius 2 is 1.82 bits per heavy atom.